The molecule has 2 aliphatic heterocycles. The van der Waals surface area contributed by atoms with Crippen LogP contribution in [-0.2, 0) is 19.2 Å². The monoisotopic (exact) mass is 472 g/mol. The van der Waals surface area contributed by atoms with E-state index in [0.29, 0.717) is 17.1 Å². The SMILES string of the molecule is COc1cccc(N2C[C@H](C(=O)Oc3cccc(N4C(=O)[C@@H]5[C@@H](C4=O)[C@H]4C=C[C@H]5C4)c3)CC2=O)c1. The number of carbonyl (C=O) groups is 4. The highest BCUT2D eigenvalue weighted by Gasteiger charge is 2.59. The van der Waals surface area contributed by atoms with Crippen LogP contribution in [0, 0.1) is 29.6 Å². The molecular weight excluding hydrogens is 448 g/mol. The molecule has 0 unspecified atom stereocenters. The van der Waals surface area contributed by atoms with Gasteiger partial charge in [0.2, 0.25) is 17.7 Å². The molecule has 0 radical (unpaired) electrons. The summed E-state index contributed by atoms with van der Waals surface area (Å²) in [6.07, 6.45) is 5.01. The minimum atomic E-state index is -0.631. The van der Waals surface area contributed by atoms with Gasteiger partial charge in [-0.3, -0.25) is 19.2 Å². The van der Waals surface area contributed by atoms with Crippen LogP contribution >= 0.6 is 0 Å². The molecular formula is C27H24N2O6. The van der Waals surface area contributed by atoms with Gasteiger partial charge in [-0.15, -0.1) is 0 Å². The molecule has 35 heavy (non-hydrogen) atoms. The molecule has 2 aromatic carbocycles. The first-order valence-electron chi connectivity index (χ1n) is 11.8. The number of hydrogen-bond acceptors (Lipinski definition) is 6. The smallest absolute Gasteiger partial charge is 0.316 e. The Bertz CT molecular complexity index is 1260. The maximum atomic E-state index is 13.1. The standard InChI is InChI=1S/C27H24N2O6/c1-34-20-6-2-4-18(12-20)28-14-17(11-22(28)30)27(33)35-21-7-3-5-19(13-21)29-25(31)23-15-8-9-16(10-15)24(23)26(29)32/h2-9,12-13,15-17,23-24H,10-11,14H2,1H3/t15-,16-,17+,23-,24-/m0/s1. The maximum absolute atomic E-state index is 13.1. The van der Waals surface area contributed by atoms with Gasteiger partial charge < -0.3 is 14.4 Å². The van der Waals surface area contributed by atoms with E-state index in [9.17, 15) is 19.2 Å². The van der Waals surface area contributed by atoms with E-state index in [1.165, 1.54) is 4.90 Å². The van der Waals surface area contributed by atoms with E-state index in [0.717, 1.165) is 6.42 Å². The Morgan fingerprint density at radius 2 is 1.51 bits per heavy atom. The quantitative estimate of drug-likeness (QED) is 0.288. The summed E-state index contributed by atoms with van der Waals surface area (Å²) in [4.78, 5) is 54.5. The van der Waals surface area contributed by atoms with E-state index in [1.54, 1.807) is 60.5 Å². The summed E-state index contributed by atoms with van der Waals surface area (Å²) < 4.78 is 10.8. The Kier molecular flexibility index (Phi) is 4.98. The van der Waals surface area contributed by atoms with E-state index in [4.69, 9.17) is 9.47 Å². The third-order valence-corrected chi connectivity index (χ3v) is 7.59. The molecule has 3 fully saturated rings. The number of carbonyl (C=O) groups excluding carboxylic acids is 4. The summed E-state index contributed by atoms with van der Waals surface area (Å²) in [5.41, 5.74) is 1.06. The number of anilines is 2. The van der Waals surface area contributed by atoms with Crippen molar-refractivity contribution in [1.82, 2.24) is 0 Å². The zero-order valence-electron chi connectivity index (χ0n) is 19.1. The van der Waals surface area contributed by atoms with Crippen LogP contribution < -0.4 is 19.3 Å². The molecule has 6 rings (SSSR count). The minimum Gasteiger partial charge on any atom is -0.497 e. The number of hydrogen-bond donors (Lipinski definition) is 0. The summed E-state index contributed by atoms with van der Waals surface area (Å²) in [5, 5.41) is 0. The Morgan fingerprint density at radius 3 is 2.20 bits per heavy atom. The Labute approximate surface area is 202 Å². The second-order valence-electron chi connectivity index (χ2n) is 9.54. The maximum Gasteiger partial charge on any atom is 0.316 e. The normalized spacial score (nSPS) is 28.7. The van der Waals surface area contributed by atoms with E-state index < -0.39 is 11.9 Å². The fourth-order valence-corrected chi connectivity index (χ4v) is 5.94. The van der Waals surface area contributed by atoms with Crippen molar-refractivity contribution in [3.63, 3.8) is 0 Å². The van der Waals surface area contributed by atoms with Gasteiger partial charge in [0.25, 0.3) is 0 Å². The predicted octanol–water partition coefficient (Wildman–Crippen LogP) is 2.97. The second kappa shape index (κ2) is 8.08. The number of methoxy groups -OCH3 is 1. The molecule has 2 aromatic rings. The highest BCUT2D eigenvalue weighted by molar-refractivity contribution is 6.22. The Balaban J connectivity index is 1.16. The largest absolute Gasteiger partial charge is 0.497 e. The van der Waals surface area contributed by atoms with E-state index >= 15 is 0 Å². The van der Waals surface area contributed by atoms with Crippen molar-refractivity contribution in [2.24, 2.45) is 29.6 Å². The molecule has 0 spiro atoms. The van der Waals surface area contributed by atoms with Crippen LogP contribution in [0.3, 0.4) is 0 Å². The van der Waals surface area contributed by atoms with Gasteiger partial charge in [0, 0.05) is 30.8 Å². The first-order chi connectivity index (χ1) is 16.9. The highest BCUT2D eigenvalue weighted by Crippen LogP contribution is 2.53. The lowest BCUT2D eigenvalue weighted by atomic mass is 9.85. The summed E-state index contributed by atoms with van der Waals surface area (Å²) in [6, 6.07) is 13.6. The van der Waals surface area contributed by atoms with Crippen LogP contribution in [-0.4, -0.2) is 37.3 Å². The van der Waals surface area contributed by atoms with Gasteiger partial charge in [-0.05, 0) is 42.5 Å². The van der Waals surface area contributed by atoms with E-state index in [1.807, 2.05) is 0 Å². The van der Waals surface area contributed by atoms with Crippen LogP contribution in [0.5, 0.6) is 11.5 Å². The van der Waals surface area contributed by atoms with Gasteiger partial charge in [-0.25, -0.2) is 4.90 Å². The number of allylic oxidation sites excluding steroid dienone is 2. The number of nitrogens with zero attached hydrogens (tertiary/aromatic N) is 2. The molecule has 5 atom stereocenters. The van der Waals surface area contributed by atoms with Crippen molar-refractivity contribution >= 4 is 35.1 Å². The van der Waals surface area contributed by atoms with Gasteiger partial charge in [-0.1, -0.05) is 24.3 Å². The molecule has 2 saturated heterocycles. The summed E-state index contributed by atoms with van der Waals surface area (Å²) in [5.74, 6) is -1.18. The summed E-state index contributed by atoms with van der Waals surface area (Å²) in [7, 11) is 1.55. The van der Waals surface area contributed by atoms with Gasteiger partial charge in [0.15, 0.2) is 0 Å². The van der Waals surface area contributed by atoms with Crippen LogP contribution in [0.4, 0.5) is 11.4 Å². The van der Waals surface area contributed by atoms with Crippen molar-refractivity contribution in [3.8, 4) is 11.5 Å². The van der Waals surface area contributed by atoms with E-state index in [-0.39, 0.29) is 60.1 Å². The van der Waals surface area contributed by atoms with Gasteiger partial charge >= 0.3 is 5.97 Å². The van der Waals surface area contributed by atoms with Crippen LogP contribution in [0.1, 0.15) is 12.8 Å². The van der Waals surface area contributed by atoms with Crippen molar-refractivity contribution in [2.75, 3.05) is 23.5 Å². The second-order valence-corrected chi connectivity index (χ2v) is 9.54. The van der Waals surface area contributed by atoms with Crippen molar-refractivity contribution in [2.45, 2.75) is 12.8 Å². The molecule has 8 nitrogen and oxygen atoms in total. The molecule has 2 aliphatic carbocycles. The molecule has 2 heterocycles. The van der Waals surface area contributed by atoms with Crippen molar-refractivity contribution < 1.29 is 28.7 Å². The zero-order chi connectivity index (χ0) is 24.3. The molecule has 178 valence electrons. The zero-order valence-corrected chi connectivity index (χ0v) is 19.1. The lowest BCUT2D eigenvalue weighted by Gasteiger charge is -2.18. The number of ether oxygens (including phenoxy) is 2. The highest BCUT2D eigenvalue weighted by atomic mass is 16.5. The third-order valence-electron chi connectivity index (χ3n) is 7.59. The number of fused-ring (bicyclic) bond motifs is 5. The van der Waals surface area contributed by atoms with Gasteiger partial charge in [0.1, 0.15) is 11.5 Å². The molecule has 0 aromatic heterocycles. The topological polar surface area (TPSA) is 93.2 Å². The Hall–Kier alpha value is -3.94. The first kappa shape index (κ1) is 21.6. The molecule has 3 amide bonds. The minimum absolute atomic E-state index is 0.0397. The fraction of sp³-hybridized carbons (Fsp3) is 0.333. The molecule has 1 saturated carbocycles. The number of esters is 1. The van der Waals surface area contributed by atoms with Crippen LogP contribution in [0.25, 0.3) is 0 Å². The lowest BCUT2D eigenvalue weighted by molar-refractivity contribution is -0.139. The van der Waals surface area contributed by atoms with Crippen molar-refractivity contribution in [1.29, 1.82) is 0 Å². The van der Waals surface area contributed by atoms with E-state index in [2.05, 4.69) is 12.2 Å². The number of imide groups is 1. The van der Waals surface area contributed by atoms with Crippen LogP contribution in [0.2, 0.25) is 0 Å². The molecule has 4 aliphatic rings. The number of amides is 3. The van der Waals surface area contributed by atoms with Gasteiger partial charge in [0.05, 0.1) is 30.6 Å². The first-order valence-corrected chi connectivity index (χ1v) is 11.8. The van der Waals surface area contributed by atoms with Crippen molar-refractivity contribution in [3.05, 3.63) is 60.7 Å². The average Bonchev–Trinajstić information content (AvgIpc) is 3.63. The number of benzene rings is 2. The van der Waals surface area contributed by atoms with Crippen LogP contribution in [0.15, 0.2) is 60.7 Å². The average molecular weight is 472 g/mol. The number of rotatable bonds is 5. The van der Waals surface area contributed by atoms with Gasteiger partial charge in [-0.2, -0.15) is 0 Å². The fourth-order valence-electron chi connectivity index (χ4n) is 5.94. The molecule has 0 N–H and O–H groups in total. The predicted molar refractivity (Wildman–Crippen MR) is 126 cm³/mol. The molecule has 8 heteroatoms. The Morgan fingerprint density at radius 1 is 0.886 bits per heavy atom. The summed E-state index contributed by atoms with van der Waals surface area (Å²) in [6.45, 7) is 0.201. The lowest BCUT2D eigenvalue weighted by Crippen LogP contribution is -2.32. The summed E-state index contributed by atoms with van der Waals surface area (Å²) >= 11 is 0. The third kappa shape index (κ3) is 3.43. The molecule has 2 bridgehead atoms.